The zero-order valence-corrected chi connectivity index (χ0v) is 12.3. The second-order valence-corrected chi connectivity index (χ2v) is 6.25. The topological polar surface area (TPSA) is 41.1 Å². The van der Waals surface area contributed by atoms with Crippen LogP contribution in [0.1, 0.15) is 18.4 Å². The lowest BCUT2D eigenvalue weighted by molar-refractivity contribution is -0.125. The summed E-state index contributed by atoms with van der Waals surface area (Å²) in [6.45, 7) is 2.61. The molecule has 1 aliphatic rings. The molecule has 2 aromatic rings. The number of thiophene rings is 1. The van der Waals surface area contributed by atoms with Crippen LogP contribution in [0.5, 0.6) is 0 Å². The lowest BCUT2D eigenvalue weighted by atomic mass is 9.99. The van der Waals surface area contributed by atoms with Crippen molar-refractivity contribution in [3.63, 3.8) is 0 Å². The van der Waals surface area contributed by atoms with Gasteiger partial charge in [0.25, 0.3) is 0 Å². The van der Waals surface area contributed by atoms with Crippen molar-refractivity contribution in [1.82, 2.24) is 10.6 Å². The highest BCUT2D eigenvalue weighted by atomic mass is 32.1. The van der Waals surface area contributed by atoms with Gasteiger partial charge >= 0.3 is 0 Å². The van der Waals surface area contributed by atoms with Gasteiger partial charge in [-0.15, -0.1) is 11.3 Å². The minimum absolute atomic E-state index is 0.156. The molecule has 0 aliphatic carbocycles. The van der Waals surface area contributed by atoms with Gasteiger partial charge in [0.15, 0.2) is 0 Å². The van der Waals surface area contributed by atoms with Crippen molar-refractivity contribution < 1.29 is 4.79 Å². The van der Waals surface area contributed by atoms with Gasteiger partial charge in [0.05, 0.1) is 5.92 Å². The third kappa shape index (κ3) is 3.02. The zero-order chi connectivity index (χ0) is 13.8. The summed E-state index contributed by atoms with van der Waals surface area (Å²) >= 11 is 1.78. The van der Waals surface area contributed by atoms with Crippen LogP contribution in [0.25, 0.3) is 10.1 Å². The molecule has 106 valence electrons. The monoisotopic (exact) mass is 288 g/mol. The molecule has 0 bridgehead atoms. The van der Waals surface area contributed by atoms with Gasteiger partial charge in [-0.05, 0) is 48.2 Å². The van der Waals surface area contributed by atoms with E-state index in [4.69, 9.17) is 0 Å². The summed E-state index contributed by atoms with van der Waals surface area (Å²) in [5.41, 5.74) is 1.34. The highest BCUT2D eigenvalue weighted by Gasteiger charge is 2.20. The molecule has 0 saturated carbocycles. The second kappa shape index (κ2) is 6.37. The van der Waals surface area contributed by atoms with E-state index in [1.54, 1.807) is 11.3 Å². The molecular formula is C16H20N2OS. The first-order chi connectivity index (χ1) is 9.84. The average molecular weight is 288 g/mol. The van der Waals surface area contributed by atoms with Crippen molar-refractivity contribution in [1.29, 1.82) is 0 Å². The van der Waals surface area contributed by atoms with E-state index in [0.717, 1.165) is 38.9 Å². The Morgan fingerprint density at radius 3 is 3.15 bits per heavy atom. The van der Waals surface area contributed by atoms with Crippen molar-refractivity contribution in [2.75, 3.05) is 19.6 Å². The lowest BCUT2D eigenvalue weighted by Gasteiger charge is -2.21. The van der Waals surface area contributed by atoms with Crippen LogP contribution in [-0.2, 0) is 11.2 Å². The van der Waals surface area contributed by atoms with Gasteiger partial charge in [-0.3, -0.25) is 4.79 Å². The van der Waals surface area contributed by atoms with Gasteiger partial charge < -0.3 is 10.6 Å². The van der Waals surface area contributed by atoms with Crippen molar-refractivity contribution in [2.45, 2.75) is 19.3 Å². The molecule has 2 heterocycles. The van der Waals surface area contributed by atoms with Gasteiger partial charge in [-0.2, -0.15) is 0 Å². The van der Waals surface area contributed by atoms with Crippen molar-refractivity contribution in [3.05, 3.63) is 35.2 Å². The Morgan fingerprint density at radius 2 is 2.30 bits per heavy atom. The molecule has 4 heteroatoms. The quantitative estimate of drug-likeness (QED) is 0.908. The standard InChI is InChI=1S/C16H20N2OS/c19-16(12-4-3-8-17-10-12)18-9-7-13-11-20-15-6-2-1-5-14(13)15/h1-2,5-6,11-12,17H,3-4,7-10H2,(H,18,19). The Bertz CT molecular complexity index is 587. The molecule has 1 aromatic heterocycles. The Hall–Kier alpha value is -1.39. The SMILES string of the molecule is O=C(NCCc1csc2ccccc12)C1CCCNC1. The van der Waals surface area contributed by atoms with Crippen LogP contribution >= 0.6 is 11.3 Å². The van der Waals surface area contributed by atoms with Crippen molar-refractivity contribution >= 4 is 27.3 Å². The van der Waals surface area contributed by atoms with Gasteiger partial charge in [0, 0.05) is 17.8 Å². The molecule has 2 N–H and O–H groups in total. The molecule has 1 aliphatic heterocycles. The predicted octanol–water partition coefficient (Wildman–Crippen LogP) is 2.56. The molecule has 1 aromatic carbocycles. The van der Waals surface area contributed by atoms with E-state index in [0.29, 0.717) is 0 Å². The first-order valence-electron chi connectivity index (χ1n) is 7.28. The summed E-state index contributed by atoms with van der Waals surface area (Å²) in [4.78, 5) is 12.0. The minimum atomic E-state index is 0.156. The lowest BCUT2D eigenvalue weighted by Crippen LogP contribution is -2.41. The number of hydrogen-bond acceptors (Lipinski definition) is 3. The largest absolute Gasteiger partial charge is 0.355 e. The molecule has 0 radical (unpaired) electrons. The van der Waals surface area contributed by atoms with Gasteiger partial charge in [-0.25, -0.2) is 0 Å². The maximum Gasteiger partial charge on any atom is 0.224 e. The first kappa shape index (κ1) is 13.6. The van der Waals surface area contributed by atoms with Crippen LogP contribution in [0.3, 0.4) is 0 Å². The number of fused-ring (bicyclic) bond motifs is 1. The molecule has 1 unspecified atom stereocenters. The van der Waals surface area contributed by atoms with E-state index in [-0.39, 0.29) is 11.8 Å². The van der Waals surface area contributed by atoms with Gasteiger partial charge in [-0.1, -0.05) is 18.2 Å². The van der Waals surface area contributed by atoms with Crippen molar-refractivity contribution in [3.8, 4) is 0 Å². The highest BCUT2D eigenvalue weighted by Crippen LogP contribution is 2.25. The van der Waals surface area contributed by atoms with Crippen LogP contribution in [0, 0.1) is 5.92 Å². The zero-order valence-electron chi connectivity index (χ0n) is 11.5. The number of carbonyl (C=O) groups is 1. The number of rotatable bonds is 4. The summed E-state index contributed by atoms with van der Waals surface area (Å²) in [7, 11) is 0. The van der Waals surface area contributed by atoms with E-state index in [2.05, 4.69) is 40.3 Å². The predicted molar refractivity (Wildman–Crippen MR) is 84.1 cm³/mol. The Morgan fingerprint density at radius 1 is 1.40 bits per heavy atom. The molecule has 1 fully saturated rings. The number of piperidine rings is 1. The molecule has 0 spiro atoms. The van der Waals surface area contributed by atoms with Crippen LogP contribution in [0.2, 0.25) is 0 Å². The summed E-state index contributed by atoms with van der Waals surface area (Å²) in [5, 5.41) is 9.90. The molecule has 3 nitrogen and oxygen atoms in total. The van der Waals surface area contributed by atoms with Crippen LogP contribution in [0.15, 0.2) is 29.6 Å². The molecule has 20 heavy (non-hydrogen) atoms. The Kier molecular flexibility index (Phi) is 4.33. The second-order valence-electron chi connectivity index (χ2n) is 5.34. The minimum Gasteiger partial charge on any atom is -0.355 e. The number of nitrogens with one attached hydrogen (secondary N) is 2. The number of hydrogen-bond donors (Lipinski definition) is 2. The summed E-state index contributed by atoms with van der Waals surface area (Å²) in [5.74, 6) is 0.361. The highest BCUT2D eigenvalue weighted by molar-refractivity contribution is 7.17. The van der Waals surface area contributed by atoms with E-state index in [9.17, 15) is 4.79 Å². The van der Waals surface area contributed by atoms with E-state index >= 15 is 0 Å². The van der Waals surface area contributed by atoms with E-state index in [1.165, 1.54) is 15.6 Å². The Labute approximate surface area is 123 Å². The van der Waals surface area contributed by atoms with Crippen molar-refractivity contribution in [2.24, 2.45) is 5.92 Å². The molecular weight excluding hydrogens is 268 g/mol. The number of amides is 1. The van der Waals surface area contributed by atoms with Gasteiger partial charge in [0.2, 0.25) is 5.91 Å². The average Bonchev–Trinajstić information content (AvgIpc) is 2.92. The summed E-state index contributed by atoms with van der Waals surface area (Å²) < 4.78 is 1.32. The van der Waals surface area contributed by atoms with Crippen LogP contribution < -0.4 is 10.6 Å². The van der Waals surface area contributed by atoms with Crippen LogP contribution in [-0.4, -0.2) is 25.5 Å². The third-order valence-corrected chi connectivity index (χ3v) is 4.93. The molecule has 1 saturated heterocycles. The van der Waals surface area contributed by atoms with E-state index in [1.807, 2.05) is 0 Å². The number of benzene rings is 1. The fourth-order valence-corrected chi connectivity index (χ4v) is 3.76. The molecule has 1 amide bonds. The number of carbonyl (C=O) groups excluding carboxylic acids is 1. The molecule has 1 atom stereocenters. The third-order valence-electron chi connectivity index (χ3n) is 3.92. The van der Waals surface area contributed by atoms with Gasteiger partial charge in [0.1, 0.15) is 0 Å². The fraction of sp³-hybridized carbons (Fsp3) is 0.438. The Balaban J connectivity index is 1.53. The smallest absolute Gasteiger partial charge is 0.224 e. The normalized spacial score (nSPS) is 19.1. The first-order valence-corrected chi connectivity index (χ1v) is 8.16. The fourth-order valence-electron chi connectivity index (χ4n) is 2.77. The summed E-state index contributed by atoms with van der Waals surface area (Å²) in [6, 6.07) is 8.45. The summed E-state index contributed by atoms with van der Waals surface area (Å²) in [6.07, 6.45) is 3.03. The van der Waals surface area contributed by atoms with E-state index < -0.39 is 0 Å². The molecule has 3 rings (SSSR count). The van der Waals surface area contributed by atoms with Crippen LogP contribution in [0.4, 0.5) is 0 Å². The maximum absolute atomic E-state index is 12.0. The maximum atomic E-state index is 12.0.